The Morgan fingerprint density at radius 1 is 1.24 bits per heavy atom. The molecule has 0 spiro atoms. The monoisotopic (exact) mass is 357 g/mol. The Morgan fingerprint density at radius 3 is 2.68 bits per heavy atom. The highest BCUT2D eigenvalue weighted by Crippen LogP contribution is 2.21. The third kappa shape index (κ3) is 4.04. The summed E-state index contributed by atoms with van der Waals surface area (Å²) < 4.78 is 25.3. The highest BCUT2D eigenvalue weighted by molar-refractivity contribution is 7.89. The summed E-state index contributed by atoms with van der Waals surface area (Å²) in [4.78, 5) is 8.54. The van der Waals surface area contributed by atoms with E-state index in [4.69, 9.17) is 5.14 Å². The van der Waals surface area contributed by atoms with Gasteiger partial charge in [0.2, 0.25) is 10.0 Å². The van der Waals surface area contributed by atoms with E-state index in [1.807, 2.05) is 35.9 Å². The molecule has 3 N–H and O–H groups in total. The van der Waals surface area contributed by atoms with Crippen molar-refractivity contribution < 1.29 is 8.42 Å². The number of hydrogen-bond donors (Lipinski definition) is 2. The number of aryl methyl sites for hydroxylation is 1. The maximum absolute atomic E-state index is 11.7. The molecule has 3 aromatic rings. The van der Waals surface area contributed by atoms with Crippen LogP contribution >= 0.6 is 0 Å². The molecule has 130 valence electrons. The third-order valence-corrected chi connectivity index (χ3v) is 4.82. The highest BCUT2D eigenvalue weighted by Gasteiger charge is 2.13. The molecule has 0 aliphatic carbocycles. The summed E-state index contributed by atoms with van der Waals surface area (Å²) >= 11 is 0. The van der Waals surface area contributed by atoms with Crippen LogP contribution in [0.5, 0.6) is 0 Å². The predicted octanol–water partition coefficient (Wildman–Crippen LogP) is 2.09. The zero-order chi connectivity index (χ0) is 17.9. The Morgan fingerprint density at radius 2 is 2.08 bits per heavy atom. The number of nitrogens with one attached hydrogen (secondary N) is 1. The number of imidazole rings is 1. The molecule has 3 rings (SSSR count). The molecule has 0 saturated heterocycles. The van der Waals surface area contributed by atoms with Gasteiger partial charge in [-0.05, 0) is 35.7 Å². The van der Waals surface area contributed by atoms with Crippen LogP contribution in [0.2, 0.25) is 0 Å². The standard InChI is InChI=1S/C17H19N5O2S/c1-2-14-4-5-15(9-16(14)25(18,23)24)20-10-13-3-6-17(21-11-13)22-8-7-19-12-22/h3-9,11-12,20H,2,10H2,1H3,(H2,18,23,24). The lowest BCUT2D eigenvalue weighted by molar-refractivity contribution is 0.596. The number of aromatic nitrogens is 3. The molecule has 8 heteroatoms. The lowest BCUT2D eigenvalue weighted by atomic mass is 10.1. The molecular weight excluding hydrogens is 338 g/mol. The van der Waals surface area contributed by atoms with Gasteiger partial charge in [0.1, 0.15) is 12.1 Å². The summed E-state index contributed by atoms with van der Waals surface area (Å²) in [5.41, 5.74) is 2.37. The third-order valence-electron chi connectivity index (χ3n) is 3.83. The van der Waals surface area contributed by atoms with Gasteiger partial charge in [0, 0.05) is 30.8 Å². The molecule has 0 amide bonds. The van der Waals surface area contributed by atoms with Crippen LogP contribution in [0.1, 0.15) is 18.1 Å². The van der Waals surface area contributed by atoms with Gasteiger partial charge in [-0.15, -0.1) is 0 Å². The van der Waals surface area contributed by atoms with Crippen LogP contribution in [-0.2, 0) is 23.0 Å². The Kier molecular flexibility index (Phi) is 4.82. The molecule has 0 atom stereocenters. The largest absolute Gasteiger partial charge is 0.381 e. The van der Waals surface area contributed by atoms with E-state index in [0.717, 1.165) is 11.4 Å². The van der Waals surface area contributed by atoms with E-state index in [1.54, 1.807) is 30.9 Å². The first kappa shape index (κ1) is 17.1. The van der Waals surface area contributed by atoms with E-state index in [1.165, 1.54) is 0 Å². The molecule has 2 heterocycles. The van der Waals surface area contributed by atoms with Crippen molar-refractivity contribution in [1.29, 1.82) is 0 Å². The van der Waals surface area contributed by atoms with Crippen molar-refractivity contribution in [3.63, 3.8) is 0 Å². The zero-order valence-corrected chi connectivity index (χ0v) is 14.6. The number of pyridine rings is 1. The first-order chi connectivity index (χ1) is 12.0. The fourth-order valence-electron chi connectivity index (χ4n) is 2.49. The number of rotatable bonds is 6. The summed E-state index contributed by atoms with van der Waals surface area (Å²) in [5.74, 6) is 0.782. The summed E-state index contributed by atoms with van der Waals surface area (Å²) in [6, 6.07) is 9.05. The van der Waals surface area contributed by atoms with Crippen LogP contribution in [0.15, 0.2) is 60.1 Å². The lowest BCUT2D eigenvalue weighted by Crippen LogP contribution is -2.15. The van der Waals surface area contributed by atoms with Crippen LogP contribution in [0.25, 0.3) is 5.82 Å². The maximum Gasteiger partial charge on any atom is 0.238 e. The zero-order valence-electron chi connectivity index (χ0n) is 13.8. The second-order valence-corrected chi connectivity index (χ2v) is 7.10. The number of hydrogen-bond acceptors (Lipinski definition) is 5. The number of anilines is 1. The second kappa shape index (κ2) is 7.04. The number of nitrogens with two attached hydrogens (primary N) is 1. The minimum Gasteiger partial charge on any atom is -0.381 e. The number of nitrogens with zero attached hydrogens (tertiary/aromatic N) is 3. The van der Waals surface area contributed by atoms with Crippen LogP contribution in [0, 0.1) is 0 Å². The van der Waals surface area contributed by atoms with Gasteiger partial charge in [-0.2, -0.15) is 0 Å². The molecule has 0 saturated carbocycles. The Labute approximate surface area is 146 Å². The fraction of sp³-hybridized carbons (Fsp3) is 0.176. The Hall–Kier alpha value is -2.71. The number of primary sulfonamides is 1. The second-order valence-electron chi connectivity index (χ2n) is 5.57. The predicted molar refractivity (Wildman–Crippen MR) is 95.9 cm³/mol. The average molecular weight is 357 g/mol. The van der Waals surface area contributed by atoms with Crippen LogP contribution in [-0.4, -0.2) is 23.0 Å². The minimum atomic E-state index is -3.74. The molecule has 0 fully saturated rings. The molecule has 0 bridgehead atoms. The first-order valence-electron chi connectivity index (χ1n) is 7.80. The highest BCUT2D eigenvalue weighted by atomic mass is 32.2. The molecule has 25 heavy (non-hydrogen) atoms. The van der Waals surface area contributed by atoms with Gasteiger partial charge < -0.3 is 5.32 Å². The van der Waals surface area contributed by atoms with E-state index in [-0.39, 0.29) is 4.90 Å². The van der Waals surface area contributed by atoms with Crippen LogP contribution in [0.3, 0.4) is 0 Å². The molecule has 0 aliphatic rings. The first-order valence-corrected chi connectivity index (χ1v) is 9.35. The van der Waals surface area contributed by atoms with Gasteiger partial charge >= 0.3 is 0 Å². The fourth-order valence-corrected chi connectivity index (χ4v) is 3.36. The van der Waals surface area contributed by atoms with E-state index in [0.29, 0.717) is 24.2 Å². The summed E-state index contributed by atoms with van der Waals surface area (Å²) in [5, 5.41) is 8.50. The maximum atomic E-state index is 11.7. The lowest BCUT2D eigenvalue weighted by Gasteiger charge is -2.11. The van der Waals surface area contributed by atoms with Crippen molar-refractivity contribution in [1.82, 2.24) is 14.5 Å². The van der Waals surface area contributed by atoms with Crippen LogP contribution in [0.4, 0.5) is 5.69 Å². The molecule has 7 nitrogen and oxygen atoms in total. The van der Waals surface area contributed by atoms with Crippen molar-refractivity contribution in [3.8, 4) is 5.82 Å². The number of sulfonamides is 1. The summed E-state index contributed by atoms with van der Waals surface area (Å²) in [6.45, 7) is 2.41. The quantitative estimate of drug-likeness (QED) is 0.703. The van der Waals surface area contributed by atoms with Gasteiger partial charge in [-0.3, -0.25) is 4.57 Å². The van der Waals surface area contributed by atoms with Gasteiger partial charge in [-0.25, -0.2) is 23.5 Å². The average Bonchev–Trinajstić information content (AvgIpc) is 3.14. The van der Waals surface area contributed by atoms with E-state index in [2.05, 4.69) is 15.3 Å². The molecule has 0 unspecified atom stereocenters. The normalized spacial score (nSPS) is 11.4. The van der Waals surface area contributed by atoms with E-state index < -0.39 is 10.0 Å². The van der Waals surface area contributed by atoms with E-state index in [9.17, 15) is 8.42 Å². The van der Waals surface area contributed by atoms with Crippen molar-refractivity contribution in [2.75, 3.05) is 5.32 Å². The Balaban J connectivity index is 1.73. The SMILES string of the molecule is CCc1ccc(NCc2ccc(-n3ccnc3)nc2)cc1S(N)(=O)=O. The molecule has 0 radical (unpaired) electrons. The van der Waals surface area contributed by atoms with Gasteiger partial charge in [0.15, 0.2) is 0 Å². The minimum absolute atomic E-state index is 0.161. The molecule has 0 aliphatic heterocycles. The van der Waals surface area contributed by atoms with Gasteiger partial charge in [-0.1, -0.05) is 19.1 Å². The van der Waals surface area contributed by atoms with Gasteiger partial charge in [0.05, 0.1) is 4.90 Å². The Bertz CT molecular complexity index is 951. The molecule has 1 aromatic carbocycles. The van der Waals surface area contributed by atoms with E-state index >= 15 is 0 Å². The van der Waals surface area contributed by atoms with Crippen molar-refractivity contribution >= 4 is 15.7 Å². The topological polar surface area (TPSA) is 103 Å². The molecule has 2 aromatic heterocycles. The number of benzene rings is 1. The summed E-state index contributed by atoms with van der Waals surface area (Å²) in [6.07, 6.45) is 7.57. The van der Waals surface area contributed by atoms with Crippen molar-refractivity contribution in [2.24, 2.45) is 5.14 Å². The summed E-state index contributed by atoms with van der Waals surface area (Å²) in [7, 11) is -3.74. The van der Waals surface area contributed by atoms with Crippen molar-refractivity contribution in [2.45, 2.75) is 24.8 Å². The smallest absolute Gasteiger partial charge is 0.238 e. The van der Waals surface area contributed by atoms with Crippen molar-refractivity contribution in [3.05, 3.63) is 66.4 Å². The molecular formula is C17H19N5O2S. The van der Waals surface area contributed by atoms with Gasteiger partial charge in [0.25, 0.3) is 0 Å². The van der Waals surface area contributed by atoms with Crippen LogP contribution < -0.4 is 10.5 Å².